The van der Waals surface area contributed by atoms with Crippen LogP contribution in [0.3, 0.4) is 0 Å². The number of nitrogens with one attached hydrogen (secondary N) is 1. The van der Waals surface area contributed by atoms with E-state index >= 15 is 0 Å². The molecule has 0 saturated heterocycles. The summed E-state index contributed by atoms with van der Waals surface area (Å²) in [5.74, 6) is 0.965. The fourth-order valence-electron chi connectivity index (χ4n) is 5.42. The van der Waals surface area contributed by atoms with Crippen LogP contribution < -0.4 is 10.2 Å². The number of anilines is 3. The van der Waals surface area contributed by atoms with Crippen LogP contribution in [0, 0.1) is 0 Å². The lowest BCUT2D eigenvalue weighted by atomic mass is 10.1. The Morgan fingerprint density at radius 1 is 0.676 bits per heavy atom. The normalized spacial score (nSPS) is 12.9. The molecule has 176 valence electrons. The van der Waals surface area contributed by atoms with Crippen molar-refractivity contribution in [2.75, 3.05) is 4.90 Å². The van der Waals surface area contributed by atoms with Crippen LogP contribution in [0.5, 0.6) is 0 Å². The zero-order valence-corrected chi connectivity index (χ0v) is 19.8. The van der Waals surface area contributed by atoms with Crippen LogP contribution in [0.1, 0.15) is 11.3 Å². The van der Waals surface area contributed by atoms with Crippen LogP contribution in [0.15, 0.2) is 112 Å². The Bertz CT molecular complexity index is 2010. The molecule has 5 nitrogen and oxygen atoms in total. The Morgan fingerprint density at radius 2 is 1.43 bits per heavy atom. The third-order valence-corrected chi connectivity index (χ3v) is 7.18. The molecule has 0 aliphatic carbocycles. The maximum atomic E-state index is 6.14. The summed E-state index contributed by atoms with van der Waals surface area (Å²) in [4.78, 5) is 6.53. The molecule has 0 atom stereocenters. The molecule has 1 aliphatic heterocycles. The van der Waals surface area contributed by atoms with Crippen LogP contribution >= 0.6 is 0 Å². The highest BCUT2D eigenvalue weighted by Crippen LogP contribution is 2.41. The summed E-state index contributed by atoms with van der Waals surface area (Å²) >= 11 is 0. The summed E-state index contributed by atoms with van der Waals surface area (Å²) in [6, 6.07) is 29.9. The fourth-order valence-corrected chi connectivity index (χ4v) is 5.42. The first-order valence-electron chi connectivity index (χ1n) is 12.3. The van der Waals surface area contributed by atoms with Gasteiger partial charge in [0.2, 0.25) is 0 Å². The predicted octanol–water partition coefficient (Wildman–Crippen LogP) is 8.42. The van der Waals surface area contributed by atoms with Gasteiger partial charge in [-0.15, -0.1) is 0 Å². The van der Waals surface area contributed by atoms with E-state index in [0.29, 0.717) is 6.54 Å². The summed E-state index contributed by atoms with van der Waals surface area (Å²) in [6.07, 6.45) is 7.66. The summed E-state index contributed by atoms with van der Waals surface area (Å²) in [5.41, 5.74) is 6.87. The van der Waals surface area contributed by atoms with Crippen molar-refractivity contribution in [3.05, 3.63) is 115 Å². The molecule has 1 aliphatic rings. The minimum absolute atomic E-state index is 0.698. The number of hydrogen-bond donors (Lipinski definition) is 1. The zero-order valence-electron chi connectivity index (χ0n) is 19.8. The van der Waals surface area contributed by atoms with Gasteiger partial charge < -0.3 is 19.1 Å². The Labute approximate surface area is 212 Å². The Morgan fingerprint density at radius 3 is 2.32 bits per heavy atom. The first-order chi connectivity index (χ1) is 18.3. The summed E-state index contributed by atoms with van der Waals surface area (Å²) < 4.78 is 12.2. The second kappa shape index (κ2) is 7.73. The number of aromatic nitrogens is 1. The molecule has 0 amide bonds. The highest BCUT2D eigenvalue weighted by Gasteiger charge is 2.19. The predicted molar refractivity (Wildman–Crippen MR) is 149 cm³/mol. The second-order valence-corrected chi connectivity index (χ2v) is 9.35. The van der Waals surface area contributed by atoms with Crippen molar-refractivity contribution in [1.82, 2.24) is 10.3 Å². The van der Waals surface area contributed by atoms with Gasteiger partial charge in [0.15, 0.2) is 5.58 Å². The number of benzene rings is 4. The maximum Gasteiger partial charge on any atom is 0.153 e. The molecule has 8 rings (SSSR count). The van der Waals surface area contributed by atoms with E-state index in [9.17, 15) is 0 Å². The van der Waals surface area contributed by atoms with Gasteiger partial charge in [0, 0.05) is 45.0 Å². The highest BCUT2D eigenvalue weighted by atomic mass is 16.3. The van der Waals surface area contributed by atoms with Gasteiger partial charge in [0.1, 0.15) is 16.9 Å². The van der Waals surface area contributed by atoms with Gasteiger partial charge in [-0.25, -0.2) is 0 Å². The van der Waals surface area contributed by atoms with E-state index in [0.717, 1.165) is 61.3 Å². The van der Waals surface area contributed by atoms with Crippen molar-refractivity contribution in [1.29, 1.82) is 0 Å². The van der Waals surface area contributed by atoms with E-state index in [1.54, 1.807) is 6.20 Å². The zero-order chi connectivity index (χ0) is 24.3. The lowest BCUT2D eigenvalue weighted by Crippen LogP contribution is -2.10. The van der Waals surface area contributed by atoms with Crippen molar-refractivity contribution in [2.24, 2.45) is 0 Å². The smallest absolute Gasteiger partial charge is 0.153 e. The minimum atomic E-state index is 0.698. The van der Waals surface area contributed by atoms with Gasteiger partial charge in [0.05, 0.1) is 12.7 Å². The van der Waals surface area contributed by atoms with Crippen molar-refractivity contribution in [2.45, 2.75) is 6.54 Å². The number of fused-ring (bicyclic) bond motifs is 7. The van der Waals surface area contributed by atoms with Crippen LogP contribution in [0.2, 0.25) is 0 Å². The topological polar surface area (TPSA) is 54.4 Å². The lowest BCUT2D eigenvalue weighted by molar-refractivity contribution is 0.532. The van der Waals surface area contributed by atoms with Crippen LogP contribution in [0.4, 0.5) is 17.1 Å². The fraction of sp³-hybridized carbons (Fsp3) is 0.0312. The number of pyridine rings is 1. The molecular weight excluding hydrogens is 458 g/mol. The summed E-state index contributed by atoms with van der Waals surface area (Å²) in [5, 5.41) is 8.88. The van der Waals surface area contributed by atoms with Gasteiger partial charge in [-0.1, -0.05) is 30.3 Å². The van der Waals surface area contributed by atoms with E-state index in [1.165, 1.54) is 10.8 Å². The van der Waals surface area contributed by atoms with E-state index in [2.05, 4.69) is 94.1 Å². The average molecular weight is 480 g/mol. The lowest BCUT2D eigenvalue weighted by Gasteiger charge is -2.26. The maximum absolute atomic E-state index is 6.14. The Hall–Kier alpha value is -5.03. The Kier molecular flexibility index (Phi) is 4.22. The Balaban J connectivity index is 1.38. The van der Waals surface area contributed by atoms with Gasteiger partial charge in [-0.3, -0.25) is 4.98 Å². The molecule has 0 spiro atoms. The number of furan rings is 2. The molecule has 0 unspecified atom stereocenters. The molecule has 4 heterocycles. The highest BCUT2D eigenvalue weighted by molar-refractivity contribution is 6.06. The standard InChI is InChI=1S/C32H21N3O2/c1-2-4-21-15-22(6-5-20(21)3-1)35(23-7-9-29-27(16-23)25-11-13-33-18-31(25)36-29)24-8-10-30-28(17-24)26-12-14-34-19-32(26)37-30/h1-18,34H,19H2. The van der Waals surface area contributed by atoms with E-state index in [4.69, 9.17) is 8.83 Å². The number of nitrogens with zero attached hydrogens (tertiary/aromatic N) is 2. The van der Waals surface area contributed by atoms with Crippen LogP contribution in [-0.2, 0) is 6.54 Å². The average Bonchev–Trinajstić information content (AvgIpc) is 3.51. The van der Waals surface area contributed by atoms with E-state index in [1.807, 2.05) is 24.5 Å². The van der Waals surface area contributed by atoms with Crippen LogP contribution in [0.25, 0.3) is 49.8 Å². The molecule has 1 N–H and O–H groups in total. The molecule has 7 aromatic rings. The largest absolute Gasteiger partial charge is 0.459 e. The van der Waals surface area contributed by atoms with Gasteiger partial charge in [-0.2, -0.15) is 0 Å². The second-order valence-electron chi connectivity index (χ2n) is 9.35. The SMILES string of the molecule is C1=Cc2c(oc3ccc(N(c4ccc5ccccc5c4)c4ccc5oc6cnccc6c5c4)cc23)CN1. The quantitative estimate of drug-likeness (QED) is 0.276. The molecule has 0 radical (unpaired) electrons. The molecule has 0 fully saturated rings. The minimum Gasteiger partial charge on any atom is -0.459 e. The number of hydrogen-bond acceptors (Lipinski definition) is 5. The monoisotopic (exact) mass is 479 g/mol. The summed E-state index contributed by atoms with van der Waals surface area (Å²) in [6.45, 7) is 0.698. The van der Waals surface area contributed by atoms with Gasteiger partial charge >= 0.3 is 0 Å². The molecule has 3 aromatic heterocycles. The summed E-state index contributed by atoms with van der Waals surface area (Å²) in [7, 11) is 0. The van der Waals surface area contributed by atoms with Crippen molar-refractivity contribution < 1.29 is 8.83 Å². The molecule has 4 aromatic carbocycles. The van der Waals surface area contributed by atoms with Crippen molar-refractivity contribution >= 4 is 66.8 Å². The number of rotatable bonds is 3. The third-order valence-electron chi connectivity index (χ3n) is 7.18. The van der Waals surface area contributed by atoms with Gasteiger partial charge in [-0.05, 0) is 77.6 Å². The van der Waals surface area contributed by atoms with Crippen molar-refractivity contribution in [3.63, 3.8) is 0 Å². The first kappa shape index (κ1) is 20.2. The van der Waals surface area contributed by atoms with E-state index in [-0.39, 0.29) is 0 Å². The van der Waals surface area contributed by atoms with E-state index < -0.39 is 0 Å². The first-order valence-corrected chi connectivity index (χ1v) is 12.3. The third kappa shape index (κ3) is 3.14. The molecule has 37 heavy (non-hydrogen) atoms. The van der Waals surface area contributed by atoms with Crippen LogP contribution in [-0.4, -0.2) is 4.98 Å². The van der Waals surface area contributed by atoms with Crippen molar-refractivity contribution in [3.8, 4) is 0 Å². The molecule has 0 bridgehead atoms. The molecular formula is C32H21N3O2. The van der Waals surface area contributed by atoms with Gasteiger partial charge in [0.25, 0.3) is 0 Å². The molecule has 5 heteroatoms. The molecule has 0 saturated carbocycles.